The molecule has 2 N–H and O–H groups in total. The second-order valence-electron chi connectivity index (χ2n) is 6.31. The molecule has 0 radical (unpaired) electrons. The highest BCUT2D eigenvalue weighted by Crippen LogP contribution is 2.32. The van der Waals surface area contributed by atoms with E-state index in [1.165, 1.54) is 12.1 Å². The molecule has 0 heterocycles. The molecule has 7 heteroatoms. The summed E-state index contributed by atoms with van der Waals surface area (Å²) in [6.07, 6.45) is 1.05. The SMILES string of the molecule is Cc1c(C(=O)N(c2ccccc2)c2ccccc2)ccc(S(C)(=O)=O)c1NO. The summed E-state index contributed by atoms with van der Waals surface area (Å²) in [7, 11) is -3.58. The molecular formula is C21H20N2O4S. The van der Waals surface area contributed by atoms with E-state index in [9.17, 15) is 18.4 Å². The Morgan fingerprint density at radius 2 is 1.39 bits per heavy atom. The highest BCUT2D eigenvalue weighted by molar-refractivity contribution is 7.90. The maximum absolute atomic E-state index is 13.5. The van der Waals surface area contributed by atoms with Crippen LogP contribution in [0.4, 0.5) is 17.1 Å². The van der Waals surface area contributed by atoms with Gasteiger partial charge in [-0.1, -0.05) is 36.4 Å². The summed E-state index contributed by atoms with van der Waals surface area (Å²) in [5, 5.41) is 9.50. The summed E-state index contributed by atoms with van der Waals surface area (Å²) in [4.78, 5) is 14.9. The lowest BCUT2D eigenvalue weighted by Gasteiger charge is -2.24. The van der Waals surface area contributed by atoms with Gasteiger partial charge in [0.05, 0.1) is 10.6 Å². The summed E-state index contributed by atoms with van der Waals surface area (Å²) >= 11 is 0. The van der Waals surface area contributed by atoms with E-state index in [0.29, 0.717) is 16.9 Å². The quantitative estimate of drug-likeness (QED) is 0.632. The lowest BCUT2D eigenvalue weighted by atomic mass is 10.0. The van der Waals surface area contributed by atoms with Gasteiger partial charge in [-0.05, 0) is 48.9 Å². The molecule has 0 aliphatic carbocycles. The van der Waals surface area contributed by atoms with E-state index >= 15 is 0 Å². The van der Waals surface area contributed by atoms with Crippen molar-refractivity contribution < 1.29 is 18.4 Å². The largest absolute Gasteiger partial charge is 0.291 e. The number of benzene rings is 3. The van der Waals surface area contributed by atoms with Crippen LogP contribution in [0, 0.1) is 6.92 Å². The van der Waals surface area contributed by atoms with Crippen LogP contribution in [0.1, 0.15) is 15.9 Å². The lowest BCUT2D eigenvalue weighted by molar-refractivity contribution is 0.0998. The molecule has 0 aromatic heterocycles. The summed E-state index contributed by atoms with van der Waals surface area (Å²) in [6, 6.07) is 21.1. The minimum absolute atomic E-state index is 0.00516. The highest BCUT2D eigenvalue weighted by atomic mass is 32.2. The van der Waals surface area contributed by atoms with Crippen molar-refractivity contribution in [3.05, 3.63) is 83.9 Å². The van der Waals surface area contributed by atoms with Gasteiger partial charge >= 0.3 is 0 Å². The number of hydrogen-bond acceptors (Lipinski definition) is 5. The van der Waals surface area contributed by atoms with Gasteiger partial charge in [0, 0.05) is 23.2 Å². The molecule has 0 aliphatic rings. The molecule has 0 aliphatic heterocycles. The summed E-state index contributed by atoms with van der Waals surface area (Å²) in [6.45, 7) is 1.59. The molecule has 3 aromatic rings. The number of sulfone groups is 1. The van der Waals surface area contributed by atoms with E-state index in [0.717, 1.165) is 6.26 Å². The number of nitrogens with zero attached hydrogens (tertiary/aromatic N) is 1. The number of nitrogens with one attached hydrogen (secondary N) is 1. The first-order valence-electron chi connectivity index (χ1n) is 8.53. The molecule has 0 saturated carbocycles. The van der Waals surface area contributed by atoms with Crippen LogP contribution in [0.15, 0.2) is 77.7 Å². The van der Waals surface area contributed by atoms with Crippen molar-refractivity contribution in [2.45, 2.75) is 11.8 Å². The predicted octanol–water partition coefficient (Wildman–Crippen LogP) is 4.18. The zero-order valence-corrected chi connectivity index (χ0v) is 16.3. The minimum atomic E-state index is -3.58. The van der Waals surface area contributed by atoms with Gasteiger partial charge < -0.3 is 0 Å². The van der Waals surface area contributed by atoms with Crippen LogP contribution in [-0.2, 0) is 9.84 Å². The van der Waals surface area contributed by atoms with Gasteiger partial charge in [0.1, 0.15) is 0 Å². The first-order valence-corrected chi connectivity index (χ1v) is 10.4. The molecule has 144 valence electrons. The first kappa shape index (κ1) is 19.6. The molecule has 1 amide bonds. The fourth-order valence-electron chi connectivity index (χ4n) is 3.02. The molecular weight excluding hydrogens is 376 g/mol. The van der Waals surface area contributed by atoms with Crippen LogP contribution in [0.5, 0.6) is 0 Å². The van der Waals surface area contributed by atoms with E-state index < -0.39 is 9.84 Å². The maximum Gasteiger partial charge on any atom is 0.263 e. The van der Waals surface area contributed by atoms with E-state index in [-0.39, 0.29) is 22.1 Å². The fourth-order valence-corrected chi connectivity index (χ4v) is 3.91. The number of hydrogen-bond donors (Lipinski definition) is 2. The average molecular weight is 396 g/mol. The van der Waals surface area contributed by atoms with Crippen LogP contribution in [0.3, 0.4) is 0 Å². The van der Waals surface area contributed by atoms with Gasteiger partial charge in [-0.25, -0.2) is 8.42 Å². The molecule has 3 rings (SSSR count). The second-order valence-corrected chi connectivity index (χ2v) is 8.29. The van der Waals surface area contributed by atoms with E-state index in [1.54, 1.807) is 11.8 Å². The van der Waals surface area contributed by atoms with Gasteiger partial charge in [0.2, 0.25) is 0 Å². The van der Waals surface area contributed by atoms with Gasteiger partial charge in [-0.2, -0.15) is 0 Å². The highest BCUT2D eigenvalue weighted by Gasteiger charge is 2.25. The molecule has 0 fully saturated rings. The Hall–Kier alpha value is -3.16. The number of carbonyl (C=O) groups is 1. The van der Waals surface area contributed by atoms with Crippen LogP contribution < -0.4 is 10.4 Å². The molecule has 0 spiro atoms. The Bertz CT molecular complexity index is 1060. The summed E-state index contributed by atoms with van der Waals surface area (Å²) < 4.78 is 24.0. The molecule has 0 saturated heterocycles. The van der Waals surface area contributed by atoms with Crippen LogP contribution in [0.2, 0.25) is 0 Å². The van der Waals surface area contributed by atoms with Crippen molar-refractivity contribution in [2.24, 2.45) is 0 Å². The molecule has 0 atom stereocenters. The third-order valence-electron chi connectivity index (χ3n) is 4.40. The monoisotopic (exact) mass is 396 g/mol. The van der Waals surface area contributed by atoms with Gasteiger partial charge in [-0.3, -0.25) is 20.4 Å². The third kappa shape index (κ3) is 3.76. The molecule has 0 unspecified atom stereocenters. The Balaban J connectivity index is 2.17. The Morgan fingerprint density at radius 1 is 0.893 bits per heavy atom. The predicted molar refractivity (Wildman–Crippen MR) is 109 cm³/mol. The number of amides is 1. The first-order chi connectivity index (χ1) is 13.3. The van der Waals surface area contributed by atoms with Gasteiger partial charge in [-0.15, -0.1) is 0 Å². The van der Waals surface area contributed by atoms with Crippen molar-refractivity contribution >= 4 is 32.8 Å². The zero-order valence-electron chi connectivity index (χ0n) is 15.5. The van der Waals surface area contributed by atoms with Crippen molar-refractivity contribution in [3.63, 3.8) is 0 Å². The second kappa shape index (κ2) is 7.84. The molecule has 28 heavy (non-hydrogen) atoms. The van der Waals surface area contributed by atoms with E-state index in [2.05, 4.69) is 0 Å². The number of rotatable bonds is 5. The third-order valence-corrected chi connectivity index (χ3v) is 5.54. The number of carbonyl (C=O) groups excluding carboxylic acids is 1. The topological polar surface area (TPSA) is 86.7 Å². The number of anilines is 3. The average Bonchev–Trinajstić information content (AvgIpc) is 2.68. The Morgan fingerprint density at radius 3 is 1.82 bits per heavy atom. The van der Waals surface area contributed by atoms with E-state index in [1.807, 2.05) is 66.1 Å². The zero-order chi connectivity index (χ0) is 20.3. The fraction of sp³-hybridized carbons (Fsp3) is 0.0952. The van der Waals surface area contributed by atoms with Gasteiger partial charge in [0.25, 0.3) is 5.91 Å². The molecule has 6 nitrogen and oxygen atoms in total. The summed E-state index contributed by atoms with van der Waals surface area (Å²) in [5.74, 6) is -0.341. The van der Waals surface area contributed by atoms with Crippen molar-refractivity contribution in [2.75, 3.05) is 16.6 Å². The molecule has 0 bridgehead atoms. The Kier molecular flexibility index (Phi) is 5.48. The van der Waals surface area contributed by atoms with Crippen LogP contribution in [-0.4, -0.2) is 25.8 Å². The van der Waals surface area contributed by atoms with Crippen LogP contribution in [0.25, 0.3) is 0 Å². The van der Waals surface area contributed by atoms with Crippen molar-refractivity contribution in [1.82, 2.24) is 0 Å². The standard InChI is InChI=1S/C21H20N2O4S/c1-15-18(13-14-19(20(15)22-25)28(2,26)27)21(24)23(16-9-5-3-6-10-16)17-11-7-4-8-12-17/h3-14,22,25H,1-2H3. The van der Waals surface area contributed by atoms with E-state index in [4.69, 9.17) is 0 Å². The maximum atomic E-state index is 13.5. The number of para-hydroxylation sites is 2. The van der Waals surface area contributed by atoms with Crippen molar-refractivity contribution in [1.29, 1.82) is 0 Å². The van der Waals surface area contributed by atoms with Crippen LogP contribution >= 0.6 is 0 Å². The van der Waals surface area contributed by atoms with Crippen molar-refractivity contribution in [3.8, 4) is 0 Å². The Labute approximate surface area is 163 Å². The minimum Gasteiger partial charge on any atom is -0.291 e. The normalized spacial score (nSPS) is 11.1. The smallest absolute Gasteiger partial charge is 0.263 e. The van der Waals surface area contributed by atoms with Gasteiger partial charge in [0.15, 0.2) is 9.84 Å². The molecule has 3 aromatic carbocycles. The summed E-state index contributed by atoms with van der Waals surface area (Å²) in [5.41, 5.74) is 3.88. The lowest BCUT2D eigenvalue weighted by Crippen LogP contribution is -2.27.